The van der Waals surface area contributed by atoms with E-state index >= 15 is 0 Å². The Morgan fingerprint density at radius 2 is 2.26 bits per heavy atom. The van der Waals surface area contributed by atoms with Crippen LogP contribution in [0.2, 0.25) is 0 Å². The Morgan fingerprint density at radius 3 is 2.84 bits per heavy atom. The third-order valence-electron chi connectivity index (χ3n) is 2.30. The Kier molecular flexibility index (Phi) is 5.94. The normalized spacial score (nSPS) is 12.3. The number of thiophene rings is 1. The Morgan fingerprint density at radius 1 is 1.58 bits per heavy atom. The number of nitrogens with one attached hydrogen (secondary N) is 1. The molecule has 0 aliphatic rings. The molecular weight excluding hydrogens is 268 g/mol. The Bertz CT molecular complexity index is 445. The third kappa shape index (κ3) is 4.98. The zero-order valence-corrected chi connectivity index (χ0v) is 12.0. The first-order valence-corrected chi connectivity index (χ1v) is 6.64. The van der Waals surface area contributed by atoms with Crippen molar-refractivity contribution < 1.29 is 19.4 Å². The van der Waals surface area contributed by atoms with E-state index in [1.165, 1.54) is 18.4 Å². The number of aliphatic hydroxyl groups is 1. The molecule has 0 bridgehead atoms. The minimum Gasteiger partial charge on any atom is -0.465 e. The van der Waals surface area contributed by atoms with E-state index < -0.39 is 12.1 Å². The summed E-state index contributed by atoms with van der Waals surface area (Å²) in [6.45, 7) is 2.20. The Hall–Kier alpha value is -1.44. The monoisotopic (exact) mass is 286 g/mol. The maximum Gasteiger partial charge on any atom is 0.350 e. The van der Waals surface area contributed by atoms with Crippen molar-refractivity contribution >= 4 is 28.9 Å². The molecule has 0 aliphatic carbocycles. The van der Waals surface area contributed by atoms with Gasteiger partial charge in [0, 0.05) is 6.54 Å². The number of nitrogens with zero attached hydrogens (tertiary/aromatic N) is 1. The summed E-state index contributed by atoms with van der Waals surface area (Å²) in [5, 5.41) is 13.6. The molecule has 106 valence electrons. The third-order valence-corrected chi connectivity index (χ3v) is 3.19. The van der Waals surface area contributed by atoms with Crippen LogP contribution in [0.15, 0.2) is 11.4 Å². The number of methoxy groups -OCH3 is 1. The second kappa shape index (κ2) is 7.22. The zero-order chi connectivity index (χ0) is 14.4. The molecule has 1 atom stereocenters. The molecule has 0 spiro atoms. The first-order valence-electron chi connectivity index (χ1n) is 5.76. The van der Waals surface area contributed by atoms with E-state index in [2.05, 4.69) is 10.1 Å². The SMILES string of the molecule is COC(=O)c1sccc1NC(=O)CN(C)CC(C)O. The molecule has 1 heterocycles. The van der Waals surface area contributed by atoms with Crippen molar-refractivity contribution in [2.75, 3.05) is 32.6 Å². The number of hydrogen-bond acceptors (Lipinski definition) is 6. The molecule has 2 N–H and O–H groups in total. The van der Waals surface area contributed by atoms with E-state index in [1.54, 1.807) is 30.3 Å². The lowest BCUT2D eigenvalue weighted by atomic mass is 10.3. The number of likely N-dealkylation sites (N-methyl/N-ethyl adjacent to an activating group) is 1. The summed E-state index contributed by atoms with van der Waals surface area (Å²) in [6.07, 6.45) is -0.496. The van der Waals surface area contributed by atoms with Crippen LogP contribution < -0.4 is 5.32 Å². The van der Waals surface area contributed by atoms with Crippen molar-refractivity contribution in [3.8, 4) is 0 Å². The fourth-order valence-corrected chi connectivity index (χ4v) is 2.37. The minimum atomic E-state index is -0.496. The van der Waals surface area contributed by atoms with Gasteiger partial charge in [0.25, 0.3) is 0 Å². The highest BCUT2D eigenvalue weighted by Gasteiger charge is 2.16. The molecule has 1 amide bonds. The highest BCUT2D eigenvalue weighted by Crippen LogP contribution is 2.22. The maximum absolute atomic E-state index is 11.8. The number of carbonyl (C=O) groups excluding carboxylic acids is 2. The molecule has 1 aromatic rings. The van der Waals surface area contributed by atoms with Gasteiger partial charge in [-0.2, -0.15) is 0 Å². The van der Waals surface area contributed by atoms with Gasteiger partial charge in [-0.05, 0) is 25.4 Å². The summed E-state index contributed by atoms with van der Waals surface area (Å²) in [7, 11) is 3.03. The molecule has 0 radical (unpaired) electrons. The number of carbonyl (C=O) groups is 2. The second-order valence-corrected chi connectivity index (χ2v) is 5.17. The van der Waals surface area contributed by atoms with Crippen molar-refractivity contribution in [1.29, 1.82) is 0 Å². The molecule has 6 nitrogen and oxygen atoms in total. The summed E-state index contributed by atoms with van der Waals surface area (Å²) in [5.74, 6) is -0.714. The lowest BCUT2D eigenvalue weighted by molar-refractivity contribution is -0.117. The average Bonchev–Trinajstić information content (AvgIpc) is 2.74. The Labute approximate surface area is 116 Å². The minimum absolute atomic E-state index is 0.140. The summed E-state index contributed by atoms with van der Waals surface area (Å²) in [6, 6.07) is 1.66. The lowest BCUT2D eigenvalue weighted by Crippen LogP contribution is -2.34. The Balaban J connectivity index is 2.58. The van der Waals surface area contributed by atoms with Crippen LogP contribution in [0, 0.1) is 0 Å². The van der Waals surface area contributed by atoms with Gasteiger partial charge in [0.15, 0.2) is 0 Å². The van der Waals surface area contributed by atoms with Gasteiger partial charge in [-0.3, -0.25) is 9.69 Å². The van der Waals surface area contributed by atoms with E-state index in [-0.39, 0.29) is 12.5 Å². The highest BCUT2D eigenvalue weighted by atomic mass is 32.1. The van der Waals surface area contributed by atoms with Gasteiger partial charge in [0.05, 0.1) is 25.4 Å². The second-order valence-electron chi connectivity index (χ2n) is 4.25. The number of esters is 1. The molecular formula is C12H18N2O4S. The van der Waals surface area contributed by atoms with E-state index in [9.17, 15) is 14.7 Å². The molecule has 0 fully saturated rings. The first-order chi connectivity index (χ1) is 8.93. The van der Waals surface area contributed by atoms with Gasteiger partial charge in [-0.15, -0.1) is 11.3 Å². The van der Waals surface area contributed by atoms with E-state index in [0.717, 1.165) is 0 Å². The first kappa shape index (κ1) is 15.6. The van der Waals surface area contributed by atoms with Gasteiger partial charge in [-0.25, -0.2) is 4.79 Å². The molecule has 1 unspecified atom stereocenters. The van der Waals surface area contributed by atoms with Gasteiger partial charge in [0.1, 0.15) is 4.88 Å². The number of anilines is 1. The number of aliphatic hydroxyl groups excluding tert-OH is 1. The van der Waals surface area contributed by atoms with Gasteiger partial charge in [0.2, 0.25) is 5.91 Å². The largest absolute Gasteiger partial charge is 0.465 e. The average molecular weight is 286 g/mol. The van der Waals surface area contributed by atoms with Crippen LogP contribution >= 0.6 is 11.3 Å². The van der Waals surface area contributed by atoms with Crippen LogP contribution in [0.3, 0.4) is 0 Å². The van der Waals surface area contributed by atoms with Gasteiger partial charge in [-0.1, -0.05) is 0 Å². The molecule has 0 aliphatic heterocycles. The van der Waals surface area contributed by atoms with Crippen molar-refractivity contribution in [3.63, 3.8) is 0 Å². The van der Waals surface area contributed by atoms with Crippen molar-refractivity contribution in [3.05, 3.63) is 16.3 Å². The van der Waals surface area contributed by atoms with E-state index in [0.29, 0.717) is 17.1 Å². The molecule has 0 saturated carbocycles. The predicted octanol–water partition coefficient (Wildman–Crippen LogP) is 0.786. The molecule has 19 heavy (non-hydrogen) atoms. The van der Waals surface area contributed by atoms with Crippen LogP contribution in [-0.4, -0.2) is 55.2 Å². The topological polar surface area (TPSA) is 78.9 Å². The quantitative estimate of drug-likeness (QED) is 0.756. The van der Waals surface area contributed by atoms with Crippen molar-refractivity contribution in [2.45, 2.75) is 13.0 Å². The maximum atomic E-state index is 11.8. The van der Waals surface area contributed by atoms with Crippen molar-refractivity contribution in [1.82, 2.24) is 4.90 Å². The summed E-state index contributed by atoms with van der Waals surface area (Å²) in [4.78, 5) is 25.3. The molecule has 0 aromatic carbocycles. The molecule has 7 heteroatoms. The van der Waals surface area contributed by atoms with Crippen LogP contribution in [0.4, 0.5) is 5.69 Å². The smallest absolute Gasteiger partial charge is 0.350 e. The standard InChI is InChI=1S/C12H18N2O4S/c1-8(15)6-14(2)7-10(16)13-9-4-5-19-11(9)12(17)18-3/h4-5,8,15H,6-7H2,1-3H3,(H,13,16). The van der Waals surface area contributed by atoms with E-state index in [4.69, 9.17) is 0 Å². The number of hydrogen-bond donors (Lipinski definition) is 2. The number of rotatable bonds is 6. The zero-order valence-electron chi connectivity index (χ0n) is 11.2. The number of amides is 1. The van der Waals surface area contributed by atoms with Crippen LogP contribution in [0.25, 0.3) is 0 Å². The molecule has 0 saturated heterocycles. The predicted molar refractivity (Wildman–Crippen MR) is 73.5 cm³/mol. The fourth-order valence-electron chi connectivity index (χ4n) is 1.61. The van der Waals surface area contributed by atoms with Crippen LogP contribution in [0.5, 0.6) is 0 Å². The van der Waals surface area contributed by atoms with Gasteiger partial charge < -0.3 is 15.2 Å². The van der Waals surface area contributed by atoms with Crippen LogP contribution in [0.1, 0.15) is 16.6 Å². The van der Waals surface area contributed by atoms with Gasteiger partial charge >= 0.3 is 5.97 Å². The van der Waals surface area contributed by atoms with Crippen LogP contribution in [-0.2, 0) is 9.53 Å². The summed E-state index contributed by atoms with van der Waals surface area (Å²) >= 11 is 1.21. The fraction of sp³-hybridized carbons (Fsp3) is 0.500. The van der Waals surface area contributed by atoms with E-state index in [1.807, 2.05) is 0 Å². The summed E-state index contributed by atoms with van der Waals surface area (Å²) < 4.78 is 4.63. The molecule has 1 aromatic heterocycles. The van der Waals surface area contributed by atoms with Crippen molar-refractivity contribution in [2.24, 2.45) is 0 Å². The summed E-state index contributed by atoms with van der Waals surface area (Å²) in [5.41, 5.74) is 0.451. The molecule has 1 rings (SSSR count). The lowest BCUT2D eigenvalue weighted by Gasteiger charge is -2.17. The highest BCUT2D eigenvalue weighted by molar-refractivity contribution is 7.12. The number of ether oxygens (including phenoxy) is 1.